The van der Waals surface area contributed by atoms with Crippen molar-refractivity contribution in [3.63, 3.8) is 0 Å². The first-order valence-corrected chi connectivity index (χ1v) is 6.10. The third-order valence-electron chi connectivity index (χ3n) is 1.74. The number of carbonyl (C=O) groups is 1. The van der Waals surface area contributed by atoms with E-state index in [0.717, 1.165) is 0 Å². The Morgan fingerprint density at radius 2 is 2.31 bits per heavy atom. The van der Waals surface area contributed by atoms with Crippen LogP contribution in [0.2, 0.25) is 0 Å². The molecule has 0 radical (unpaired) electrons. The van der Waals surface area contributed by atoms with Gasteiger partial charge in [-0.05, 0) is 13.8 Å². The predicted molar refractivity (Wildman–Crippen MR) is 54.1 cm³/mol. The second-order valence-electron chi connectivity index (χ2n) is 3.37. The zero-order chi connectivity index (χ0) is 12.3. The number of hydrogen-bond acceptors (Lipinski definition) is 5. The maximum atomic E-state index is 11.5. The Morgan fingerprint density at radius 3 is 2.75 bits per heavy atom. The van der Waals surface area contributed by atoms with Gasteiger partial charge in [0.25, 0.3) is 0 Å². The molecule has 7 nitrogen and oxygen atoms in total. The molecule has 0 aliphatic rings. The number of aryl methyl sites for hydroxylation is 1. The predicted octanol–water partition coefficient (Wildman–Crippen LogP) is -0.124. The fourth-order valence-electron chi connectivity index (χ4n) is 1.04. The number of hydrogen-bond donors (Lipinski definition) is 2. The summed E-state index contributed by atoms with van der Waals surface area (Å²) in [4.78, 5) is 10.5. The van der Waals surface area contributed by atoms with Gasteiger partial charge in [0.1, 0.15) is 23.2 Å². The van der Waals surface area contributed by atoms with Crippen LogP contribution in [0.5, 0.6) is 0 Å². The van der Waals surface area contributed by atoms with Gasteiger partial charge >= 0.3 is 5.97 Å². The van der Waals surface area contributed by atoms with Gasteiger partial charge in [-0.3, -0.25) is 4.79 Å². The van der Waals surface area contributed by atoms with Crippen LogP contribution < -0.4 is 4.72 Å². The van der Waals surface area contributed by atoms with Gasteiger partial charge in [0.05, 0.1) is 0 Å². The summed E-state index contributed by atoms with van der Waals surface area (Å²) in [5, 5.41) is 12.1. The van der Waals surface area contributed by atoms with Crippen molar-refractivity contribution >= 4 is 16.0 Å². The van der Waals surface area contributed by atoms with Crippen molar-refractivity contribution in [2.75, 3.05) is 0 Å². The summed E-state index contributed by atoms with van der Waals surface area (Å²) < 4.78 is 29.6. The average molecular weight is 248 g/mol. The van der Waals surface area contributed by atoms with Gasteiger partial charge in [-0.25, -0.2) is 13.1 Å². The molecule has 0 unspecified atom stereocenters. The van der Waals surface area contributed by atoms with Crippen LogP contribution in [0.15, 0.2) is 10.6 Å². The Morgan fingerprint density at radius 1 is 1.69 bits per heavy atom. The van der Waals surface area contributed by atoms with Gasteiger partial charge in [0.2, 0.25) is 10.0 Å². The minimum Gasteiger partial charge on any atom is -0.480 e. The second kappa shape index (κ2) is 4.62. The molecule has 0 aliphatic heterocycles. The van der Waals surface area contributed by atoms with Crippen LogP contribution in [-0.4, -0.2) is 30.7 Å². The molecule has 8 heteroatoms. The standard InChI is InChI=1S/C8H12N2O5S/c1-5-3-7(9-15-5)4-16(13,14)10-6(2)8(11)12/h3,6,10H,4H2,1-2H3,(H,11,12)/t6-/m1/s1. The van der Waals surface area contributed by atoms with E-state index >= 15 is 0 Å². The van der Waals surface area contributed by atoms with Gasteiger partial charge < -0.3 is 9.63 Å². The molecule has 0 saturated heterocycles. The van der Waals surface area contributed by atoms with Crippen LogP contribution in [0.3, 0.4) is 0 Å². The third kappa shape index (κ3) is 3.63. The summed E-state index contributed by atoms with van der Waals surface area (Å²) in [5.74, 6) is -1.14. The molecule has 1 aromatic heterocycles. The highest BCUT2D eigenvalue weighted by molar-refractivity contribution is 7.88. The van der Waals surface area contributed by atoms with Crippen LogP contribution >= 0.6 is 0 Å². The molecule has 1 aromatic rings. The number of nitrogens with one attached hydrogen (secondary N) is 1. The lowest BCUT2D eigenvalue weighted by Crippen LogP contribution is -2.38. The molecule has 90 valence electrons. The fraction of sp³-hybridized carbons (Fsp3) is 0.500. The molecule has 0 saturated carbocycles. The van der Waals surface area contributed by atoms with E-state index < -0.39 is 27.8 Å². The number of carboxylic acid groups (broad SMARTS) is 1. The first kappa shape index (κ1) is 12.7. The molecular formula is C8H12N2O5S. The lowest BCUT2D eigenvalue weighted by Gasteiger charge is -2.08. The Hall–Kier alpha value is -1.41. The quantitative estimate of drug-likeness (QED) is 0.751. The smallest absolute Gasteiger partial charge is 0.321 e. The van der Waals surface area contributed by atoms with Crippen molar-refractivity contribution in [2.45, 2.75) is 25.6 Å². The first-order valence-electron chi connectivity index (χ1n) is 4.45. The summed E-state index contributed by atoms with van der Waals surface area (Å²) in [6.45, 7) is 2.88. The maximum absolute atomic E-state index is 11.5. The van der Waals surface area contributed by atoms with Crippen molar-refractivity contribution in [3.8, 4) is 0 Å². The van der Waals surface area contributed by atoms with E-state index in [9.17, 15) is 13.2 Å². The average Bonchev–Trinajstić information content (AvgIpc) is 2.48. The van der Waals surface area contributed by atoms with Gasteiger partial charge in [0.15, 0.2) is 0 Å². The van der Waals surface area contributed by atoms with Gasteiger partial charge in [-0.2, -0.15) is 0 Å². The molecular weight excluding hydrogens is 236 g/mol. The fourth-order valence-corrected chi connectivity index (χ4v) is 2.29. The van der Waals surface area contributed by atoms with Crippen molar-refractivity contribution in [1.29, 1.82) is 0 Å². The summed E-state index contributed by atoms with van der Waals surface area (Å²) in [6, 6.07) is 0.308. The van der Waals surface area contributed by atoms with Crippen LogP contribution in [0.25, 0.3) is 0 Å². The Kier molecular flexibility index (Phi) is 3.66. The van der Waals surface area contributed by atoms with Crippen LogP contribution in [0, 0.1) is 6.92 Å². The SMILES string of the molecule is Cc1cc(CS(=O)(=O)N[C@H](C)C(=O)O)no1. The minimum absolute atomic E-state index is 0.239. The number of rotatable bonds is 5. The van der Waals surface area contributed by atoms with E-state index in [1.165, 1.54) is 13.0 Å². The Bertz CT molecular complexity index is 478. The lowest BCUT2D eigenvalue weighted by atomic mass is 10.4. The van der Waals surface area contributed by atoms with Crippen LogP contribution in [0.1, 0.15) is 18.4 Å². The molecule has 0 amide bonds. The Labute approximate surface area is 92.5 Å². The van der Waals surface area contributed by atoms with Crippen molar-refractivity contribution in [1.82, 2.24) is 9.88 Å². The van der Waals surface area contributed by atoms with Gasteiger partial charge in [0, 0.05) is 6.07 Å². The zero-order valence-electron chi connectivity index (χ0n) is 8.80. The molecule has 0 aromatic carbocycles. The molecule has 2 N–H and O–H groups in total. The van der Waals surface area contributed by atoms with E-state index in [1.807, 2.05) is 4.72 Å². The monoisotopic (exact) mass is 248 g/mol. The number of aliphatic carboxylic acids is 1. The molecule has 0 fully saturated rings. The third-order valence-corrected chi connectivity index (χ3v) is 3.13. The summed E-state index contributed by atoms with van der Waals surface area (Å²) in [5.41, 5.74) is 0.239. The van der Waals surface area contributed by atoms with Crippen LogP contribution in [-0.2, 0) is 20.6 Å². The minimum atomic E-state index is -3.72. The molecule has 1 heterocycles. The highest BCUT2D eigenvalue weighted by Gasteiger charge is 2.21. The molecule has 0 spiro atoms. The topological polar surface area (TPSA) is 110 Å². The normalized spacial score (nSPS) is 13.6. The second-order valence-corrected chi connectivity index (χ2v) is 5.12. The molecule has 1 atom stereocenters. The van der Waals surface area contributed by atoms with E-state index in [4.69, 9.17) is 9.63 Å². The number of sulfonamides is 1. The largest absolute Gasteiger partial charge is 0.480 e. The highest BCUT2D eigenvalue weighted by Crippen LogP contribution is 2.06. The van der Waals surface area contributed by atoms with Gasteiger partial charge in [-0.1, -0.05) is 5.16 Å². The van der Waals surface area contributed by atoms with E-state index in [0.29, 0.717) is 5.76 Å². The summed E-state index contributed by atoms with van der Waals surface area (Å²) in [6.07, 6.45) is 0. The van der Waals surface area contributed by atoms with E-state index in [2.05, 4.69) is 5.16 Å². The number of nitrogens with zero attached hydrogens (tertiary/aromatic N) is 1. The van der Waals surface area contributed by atoms with Gasteiger partial charge in [-0.15, -0.1) is 0 Å². The zero-order valence-corrected chi connectivity index (χ0v) is 9.61. The van der Waals surface area contributed by atoms with Crippen molar-refractivity contribution in [2.24, 2.45) is 0 Å². The number of aromatic nitrogens is 1. The molecule has 1 rings (SSSR count). The van der Waals surface area contributed by atoms with Crippen molar-refractivity contribution in [3.05, 3.63) is 17.5 Å². The molecule has 0 aliphatic carbocycles. The van der Waals surface area contributed by atoms with Crippen LogP contribution in [0.4, 0.5) is 0 Å². The maximum Gasteiger partial charge on any atom is 0.321 e. The summed E-state index contributed by atoms with van der Waals surface area (Å²) in [7, 11) is -3.72. The highest BCUT2D eigenvalue weighted by atomic mass is 32.2. The lowest BCUT2D eigenvalue weighted by molar-refractivity contribution is -0.138. The molecule has 16 heavy (non-hydrogen) atoms. The molecule has 0 bridgehead atoms. The van der Waals surface area contributed by atoms with E-state index in [-0.39, 0.29) is 5.69 Å². The van der Waals surface area contributed by atoms with Crippen molar-refractivity contribution < 1.29 is 22.8 Å². The number of carboxylic acids is 1. The first-order chi connectivity index (χ1) is 7.30. The summed E-state index contributed by atoms with van der Waals surface area (Å²) >= 11 is 0. The Balaban J connectivity index is 2.69. The van der Waals surface area contributed by atoms with E-state index in [1.54, 1.807) is 6.92 Å².